The Bertz CT molecular complexity index is 251. The van der Waals surface area contributed by atoms with Crippen molar-refractivity contribution in [3.63, 3.8) is 0 Å². The van der Waals surface area contributed by atoms with E-state index >= 15 is 0 Å². The normalized spacial score (nSPS) is 13.2. The molecular formula is C8H15N3OS. The molecule has 1 aromatic rings. The van der Waals surface area contributed by atoms with Gasteiger partial charge in [0.1, 0.15) is 0 Å². The predicted octanol–water partition coefficient (Wildman–Crippen LogP) is 1.60. The summed E-state index contributed by atoms with van der Waals surface area (Å²) < 4.78 is 5.04. The van der Waals surface area contributed by atoms with E-state index in [1.54, 1.807) is 0 Å². The first-order chi connectivity index (χ1) is 6.27. The second kappa shape index (κ2) is 5.24. The maximum absolute atomic E-state index is 5.04. The maximum Gasteiger partial charge on any atom is 0.240 e. The molecule has 0 saturated heterocycles. The zero-order valence-electron chi connectivity index (χ0n) is 8.20. The number of nitrogens with zero attached hydrogens (tertiary/aromatic N) is 2. The molecule has 4 nitrogen and oxygen atoms in total. The van der Waals surface area contributed by atoms with E-state index in [4.69, 9.17) is 4.52 Å². The van der Waals surface area contributed by atoms with E-state index in [9.17, 15) is 0 Å². The van der Waals surface area contributed by atoms with Crippen LogP contribution in [-0.2, 0) is 6.54 Å². The highest BCUT2D eigenvalue weighted by Crippen LogP contribution is 2.24. The van der Waals surface area contributed by atoms with E-state index in [1.165, 1.54) is 0 Å². The van der Waals surface area contributed by atoms with Gasteiger partial charge in [-0.05, 0) is 19.7 Å². The van der Waals surface area contributed by atoms with Crippen molar-refractivity contribution >= 4 is 11.8 Å². The minimum atomic E-state index is 0.319. The van der Waals surface area contributed by atoms with Crippen LogP contribution in [0.3, 0.4) is 0 Å². The molecule has 1 N–H and O–H groups in total. The van der Waals surface area contributed by atoms with Gasteiger partial charge in [-0.2, -0.15) is 16.7 Å². The van der Waals surface area contributed by atoms with Gasteiger partial charge in [-0.1, -0.05) is 12.1 Å². The second-order valence-corrected chi connectivity index (χ2v) is 4.29. The van der Waals surface area contributed by atoms with Gasteiger partial charge in [0.05, 0.1) is 11.8 Å². The first-order valence-electron chi connectivity index (χ1n) is 4.36. The molecule has 0 aliphatic rings. The third-order valence-electron chi connectivity index (χ3n) is 1.59. The van der Waals surface area contributed by atoms with Crippen molar-refractivity contribution in [1.82, 2.24) is 15.5 Å². The molecule has 0 spiro atoms. The third-order valence-corrected chi connectivity index (χ3v) is 2.64. The van der Waals surface area contributed by atoms with Crippen molar-refractivity contribution in [3.8, 4) is 0 Å². The highest BCUT2D eigenvalue weighted by molar-refractivity contribution is 7.99. The average molecular weight is 201 g/mol. The van der Waals surface area contributed by atoms with E-state index < -0.39 is 0 Å². The first kappa shape index (κ1) is 10.5. The van der Waals surface area contributed by atoms with Gasteiger partial charge in [-0.3, -0.25) is 0 Å². The SMILES string of the molecule is CCS[C@H](C)c1noc(CNC)n1. The standard InChI is InChI=1S/C8H15N3OS/c1-4-13-6(2)8-10-7(5-9-3)12-11-8/h6,9H,4-5H2,1-3H3/t6-/m1/s1. The van der Waals surface area contributed by atoms with Crippen molar-refractivity contribution in [2.24, 2.45) is 0 Å². The summed E-state index contributed by atoms with van der Waals surface area (Å²) in [6.07, 6.45) is 0. The molecule has 13 heavy (non-hydrogen) atoms. The Labute approximate surface area is 82.5 Å². The largest absolute Gasteiger partial charge is 0.338 e. The second-order valence-electron chi connectivity index (χ2n) is 2.67. The molecule has 1 aromatic heterocycles. The first-order valence-corrected chi connectivity index (χ1v) is 5.41. The summed E-state index contributed by atoms with van der Waals surface area (Å²) in [6.45, 7) is 4.84. The van der Waals surface area contributed by atoms with Crippen LogP contribution in [0.2, 0.25) is 0 Å². The van der Waals surface area contributed by atoms with Crippen LogP contribution in [0.25, 0.3) is 0 Å². The minimum absolute atomic E-state index is 0.319. The molecule has 0 unspecified atom stereocenters. The minimum Gasteiger partial charge on any atom is -0.338 e. The summed E-state index contributed by atoms with van der Waals surface area (Å²) in [5, 5.41) is 7.19. The van der Waals surface area contributed by atoms with E-state index in [0.29, 0.717) is 17.7 Å². The van der Waals surface area contributed by atoms with Crippen LogP contribution in [-0.4, -0.2) is 22.9 Å². The van der Waals surface area contributed by atoms with Gasteiger partial charge >= 0.3 is 0 Å². The van der Waals surface area contributed by atoms with Gasteiger partial charge in [0, 0.05) is 0 Å². The van der Waals surface area contributed by atoms with Crippen LogP contribution >= 0.6 is 11.8 Å². The van der Waals surface area contributed by atoms with E-state index in [1.807, 2.05) is 18.8 Å². The molecule has 0 aliphatic heterocycles. The zero-order valence-corrected chi connectivity index (χ0v) is 9.02. The number of nitrogens with one attached hydrogen (secondary N) is 1. The topological polar surface area (TPSA) is 51.0 Å². The Morgan fingerprint density at radius 3 is 3.00 bits per heavy atom. The number of rotatable bonds is 5. The molecule has 1 atom stereocenters. The van der Waals surface area contributed by atoms with Crippen LogP contribution < -0.4 is 5.32 Å². The average Bonchev–Trinajstić information content (AvgIpc) is 2.54. The van der Waals surface area contributed by atoms with Crippen molar-refractivity contribution < 1.29 is 4.52 Å². The lowest BCUT2D eigenvalue weighted by molar-refractivity contribution is 0.367. The summed E-state index contributed by atoms with van der Waals surface area (Å²) in [5.74, 6) is 2.51. The lowest BCUT2D eigenvalue weighted by atomic mass is 10.4. The lowest BCUT2D eigenvalue weighted by Crippen LogP contribution is -2.05. The fraction of sp³-hybridized carbons (Fsp3) is 0.750. The molecule has 0 aromatic carbocycles. The van der Waals surface area contributed by atoms with Crippen LogP contribution in [0.15, 0.2) is 4.52 Å². The predicted molar refractivity (Wildman–Crippen MR) is 53.6 cm³/mol. The molecule has 1 rings (SSSR count). The Balaban J connectivity index is 2.56. The molecular weight excluding hydrogens is 186 g/mol. The van der Waals surface area contributed by atoms with Crippen LogP contribution in [0.4, 0.5) is 0 Å². The van der Waals surface area contributed by atoms with E-state index in [0.717, 1.165) is 11.6 Å². The van der Waals surface area contributed by atoms with Crippen molar-refractivity contribution in [3.05, 3.63) is 11.7 Å². The Morgan fingerprint density at radius 2 is 2.38 bits per heavy atom. The Kier molecular flexibility index (Phi) is 4.24. The third kappa shape index (κ3) is 3.00. The molecule has 5 heteroatoms. The number of aromatic nitrogens is 2. The zero-order chi connectivity index (χ0) is 9.68. The monoisotopic (exact) mass is 201 g/mol. The molecule has 0 radical (unpaired) electrons. The lowest BCUT2D eigenvalue weighted by Gasteiger charge is -2.01. The summed E-state index contributed by atoms with van der Waals surface area (Å²) in [7, 11) is 1.86. The molecule has 0 aliphatic carbocycles. The Hall–Kier alpha value is -0.550. The smallest absolute Gasteiger partial charge is 0.240 e. The quantitative estimate of drug-likeness (QED) is 0.784. The van der Waals surface area contributed by atoms with Gasteiger partial charge < -0.3 is 9.84 Å². The summed E-state index contributed by atoms with van der Waals surface area (Å²) >= 11 is 1.81. The van der Waals surface area contributed by atoms with Gasteiger partial charge in [-0.15, -0.1) is 0 Å². The van der Waals surface area contributed by atoms with Crippen LogP contribution in [0, 0.1) is 0 Å². The molecule has 0 saturated carbocycles. The van der Waals surface area contributed by atoms with Gasteiger partial charge in [0.15, 0.2) is 5.82 Å². The van der Waals surface area contributed by atoms with Gasteiger partial charge in [0.2, 0.25) is 5.89 Å². The fourth-order valence-electron chi connectivity index (χ4n) is 0.981. The van der Waals surface area contributed by atoms with Gasteiger partial charge in [0.25, 0.3) is 0 Å². The molecule has 0 bridgehead atoms. The summed E-state index contributed by atoms with van der Waals surface area (Å²) in [4.78, 5) is 4.26. The highest BCUT2D eigenvalue weighted by atomic mass is 32.2. The summed E-state index contributed by atoms with van der Waals surface area (Å²) in [5.41, 5.74) is 0. The number of hydrogen-bond donors (Lipinski definition) is 1. The molecule has 0 amide bonds. The molecule has 1 heterocycles. The number of thioether (sulfide) groups is 1. The fourth-order valence-corrected chi connectivity index (χ4v) is 1.73. The van der Waals surface area contributed by atoms with Gasteiger partial charge in [-0.25, -0.2) is 0 Å². The molecule has 74 valence electrons. The van der Waals surface area contributed by atoms with E-state index in [-0.39, 0.29) is 0 Å². The van der Waals surface area contributed by atoms with Crippen LogP contribution in [0.1, 0.15) is 30.8 Å². The van der Waals surface area contributed by atoms with Crippen molar-refractivity contribution in [2.75, 3.05) is 12.8 Å². The molecule has 0 fully saturated rings. The van der Waals surface area contributed by atoms with Crippen molar-refractivity contribution in [2.45, 2.75) is 25.6 Å². The Morgan fingerprint density at radius 1 is 1.62 bits per heavy atom. The van der Waals surface area contributed by atoms with Crippen molar-refractivity contribution in [1.29, 1.82) is 0 Å². The van der Waals surface area contributed by atoms with E-state index in [2.05, 4.69) is 29.3 Å². The highest BCUT2D eigenvalue weighted by Gasteiger charge is 2.12. The maximum atomic E-state index is 5.04. The van der Waals surface area contributed by atoms with Crippen LogP contribution in [0.5, 0.6) is 0 Å². The summed E-state index contributed by atoms with van der Waals surface area (Å²) in [6, 6.07) is 0. The number of hydrogen-bond acceptors (Lipinski definition) is 5.